The van der Waals surface area contributed by atoms with Gasteiger partial charge in [0.1, 0.15) is 12.4 Å². The molecular weight excluding hydrogens is 608 g/mol. The lowest BCUT2D eigenvalue weighted by Gasteiger charge is -2.12. The van der Waals surface area contributed by atoms with Crippen LogP contribution in [0.15, 0.2) is 79.5 Å². The van der Waals surface area contributed by atoms with Crippen LogP contribution in [0, 0.1) is 0 Å². The zero-order valence-electron chi connectivity index (χ0n) is 17.2. The summed E-state index contributed by atoms with van der Waals surface area (Å²) in [5.74, 6) is -0.873. The number of carboxylic acid groups (broad SMARTS) is 1. The van der Waals surface area contributed by atoms with Gasteiger partial charge in [-0.3, -0.25) is 4.79 Å². The van der Waals surface area contributed by atoms with Gasteiger partial charge in [-0.05, 0) is 69.7 Å². The fourth-order valence-electron chi connectivity index (χ4n) is 3.06. The lowest BCUT2D eigenvalue weighted by Crippen LogP contribution is -2.19. The molecule has 10 heteroatoms. The molecule has 1 aliphatic rings. The highest BCUT2D eigenvalue weighted by Gasteiger charge is 2.25. The van der Waals surface area contributed by atoms with Gasteiger partial charge >= 0.3 is 5.97 Å². The van der Waals surface area contributed by atoms with Gasteiger partial charge in [-0.2, -0.15) is 0 Å². The van der Waals surface area contributed by atoms with Gasteiger partial charge in [0.25, 0.3) is 5.91 Å². The first-order chi connectivity index (χ1) is 16.3. The summed E-state index contributed by atoms with van der Waals surface area (Å²) in [5.41, 5.74) is 2.02. The van der Waals surface area contributed by atoms with Crippen molar-refractivity contribution in [3.8, 4) is 5.75 Å². The molecule has 1 amide bonds. The van der Waals surface area contributed by atoms with E-state index in [0.717, 1.165) is 26.3 Å². The van der Waals surface area contributed by atoms with Crippen molar-refractivity contribution < 1.29 is 19.4 Å². The number of nitrogens with zero attached hydrogens (tertiary/aromatic N) is 1. The Hall–Kier alpha value is -2.59. The molecule has 0 bridgehead atoms. The molecular formula is C24H15Br2ClN2O4S. The van der Waals surface area contributed by atoms with Crippen molar-refractivity contribution in [3.63, 3.8) is 0 Å². The lowest BCUT2D eigenvalue weighted by atomic mass is 10.1. The van der Waals surface area contributed by atoms with Crippen LogP contribution in [-0.2, 0) is 11.4 Å². The number of halogens is 3. The van der Waals surface area contributed by atoms with Crippen LogP contribution in [0.25, 0.3) is 6.08 Å². The van der Waals surface area contributed by atoms with E-state index in [1.54, 1.807) is 12.1 Å². The average molecular weight is 623 g/mol. The van der Waals surface area contributed by atoms with Crippen LogP contribution in [0.2, 0.25) is 5.02 Å². The van der Waals surface area contributed by atoms with Gasteiger partial charge in [0.2, 0.25) is 0 Å². The summed E-state index contributed by atoms with van der Waals surface area (Å²) < 4.78 is 7.63. The second-order valence-corrected chi connectivity index (χ2v) is 10.2. The zero-order valence-corrected chi connectivity index (χ0v) is 22.0. The maximum absolute atomic E-state index is 12.6. The van der Waals surface area contributed by atoms with Crippen LogP contribution in [0.1, 0.15) is 21.5 Å². The van der Waals surface area contributed by atoms with E-state index in [-0.39, 0.29) is 16.5 Å². The third-order valence-corrected chi connectivity index (χ3v) is 6.90. The smallest absolute Gasteiger partial charge is 0.337 e. The van der Waals surface area contributed by atoms with Crippen molar-refractivity contribution in [3.05, 3.63) is 96.2 Å². The van der Waals surface area contributed by atoms with Gasteiger partial charge in [-0.1, -0.05) is 57.9 Å². The first-order valence-corrected chi connectivity index (χ1v) is 12.6. The molecule has 3 aromatic carbocycles. The van der Waals surface area contributed by atoms with Crippen molar-refractivity contribution in [1.29, 1.82) is 0 Å². The Bertz CT molecular complexity index is 1350. The Morgan fingerprint density at radius 3 is 2.65 bits per heavy atom. The molecule has 0 atom stereocenters. The first kappa shape index (κ1) is 24.5. The molecule has 4 rings (SSSR count). The molecule has 0 radical (unpaired) electrons. The van der Waals surface area contributed by atoms with E-state index < -0.39 is 5.97 Å². The molecule has 2 N–H and O–H groups in total. The predicted molar refractivity (Wildman–Crippen MR) is 142 cm³/mol. The second-order valence-electron chi connectivity index (χ2n) is 7.03. The monoisotopic (exact) mass is 620 g/mol. The van der Waals surface area contributed by atoms with E-state index in [1.165, 1.54) is 12.1 Å². The number of nitrogens with one attached hydrogen (secondary N) is 1. The van der Waals surface area contributed by atoms with Gasteiger partial charge < -0.3 is 15.2 Å². The van der Waals surface area contributed by atoms with E-state index in [9.17, 15) is 14.7 Å². The number of thioether (sulfide) groups is 1. The summed E-state index contributed by atoms with van der Waals surface area (Å²) in [7, 11) is 0. The van der Waals surface area contributed by atoms with Crippen LogP contribution in [0.5, 0.6) is 5.75 Å². The number of hydrogen-bond donors (Lipinski definition) is 2. The molecule has 1 fully saturated rings. The highest BCUT2D eigenvalue weighted by atomic mass is 79.9. The summed E-state index contributed by atoms with van der Waals surface area (Å²) in [6.07, 6.45) is 1.73. The van der Waals surface area contributed by atoms with Gasteiger partial charge in [-0.25, -0.2) is 9.79 Å². The molecule has 1 aliphatic heterocycles. The van der Waals surface area contributed by atoms with E-state index in [4.69, 9.17) is 16.3 Å². The van der Waals surface area contributed by atoms with Crippen LogP contribution < -0.4 is 10.1 Å². The van der Waals surface area contributed by atoms with Crippen molar-refractivity contribution in [1.82, 2.24) is 5.32 Å². The number of hydrogen-bond acceptors (Lipinski definition) is 5. The van der Waals surface area contributed by atoms with E-state index in [1.807, 2.05) is 42.5 Å². The molecule has 0 spiro atoms. The van der Waals surface area contributed by atoms with Crippen molar-refractivity contribution in [2.24, 2.45) is 4.99 Å². The maximum atomic E-state index is 12.6. The van der Waals surface area contributed by atoms with Crippen molar-refractivity contribution >= 4 is 84.0 Å². The molecule has 0 saturated carbocycles. The highest BCUT2D eigenvalue weighted by Crippen LogP contribution is 2.37. The summed E-state index contributed by atoms with van der Waals surface area (Å²) in [4.78, 5) is 28.7. The molecule has 34 heavy (non-hydrogen) atoms. The Balaban J connectivity index is 1.61. The molecule has 1 saturated heterocycles. The zero-order chi connectivity index (χ0) is 24.2. The van der Waals surface area contributed by atoms with Crippen molar-refractivity contribution in [2.45, 2.75) is 6.61 Å². The summed E-state index contributed by atoms with van der Waals surface area (Å²) >= 11 is 14.1. The third-order valence-electron chi connectivity index (χ3n) is 4.61. The SMILES string of the molecule is O=C1NC(=Nc2ccc(Cl)c(C(=O)O)c2)S/C1=C\c1cc(Br)cc(Br)c1OCc1ccccc1. The highest BCUT2D eigenvalue weighted by molar-refractivity contribution is 9.11. The number of rotatable bonds is 6. The summed E-state index contributed by atoms with van der Waals surface area (Å²) in [6, 6.07) is 17.9. The summed E-state index contributed by atoms with van der Waals surface area (Å²) in [5, 5.41) is 12.4. The topological polar surface area (TPSA) is 88.0 Å². The normalized spacial score (nSPS) is 15.6. The molecule has 3 aromatic rings. The Morgan fingerprint density at radius 1 is 1.15 bits per heavy atom. The quantitative estimate of drug-likeness (QED) is 0.288. The average Bonchev–Trinajstić information content (AvgIpc) is 3.13. The summed E-state index contributed by atoms with van der Waals surface area (Å²) in [6.45, 7) is 0.367. The van der Waals surface area contributed by atoms with Crippen LogP contribution in [-0.4, -0.2) is 22.2 Å². The number of aliphatic imine (C=N–C) groups is 1. The minimum absolute atomic E-state index is 0.0622. The largest absolute Gasteiger partial charge is 0.487 e. The number of carbonyl (C=O) groups is 2. The lowest BCUT2D eigenvalue weighted by molar-refractivity contribution is -0.115. The van der Waals surface area contributed by atoms with Crippen LogP contribution >= 0.6 is 55.2 Å². The number of ether oxygens (including phenoxy) is 1. The Labute approximate surface area is 221 Å². The molecule has 0 unspecified atom stereocenters. The number of aromatic carboxylic acids is 1. The van der Waals surface area contributed by atoms with Crippen LogP contribution in [0.4, 0.5) is 5.69 Å². The minimum Gasteiger partial charge on any atom is -0.487 e. The number of carbonyl (C=O) groups excluding carboxylic acids is 1. The van der Waals surface area contributed by atoms with E-state index in [0.29, 0.717) is 33.7 Å². The molecule has 172 valence electrons. The second kappa shape index (κ2) is 10.8. The van der Waals surface area contributed by atoms with Gasteiger partial charge in [0.15, 0.2) is 5.17 Å². The Kier molecular flexibility index (Phi) is 7.77. The number of benzene rings is 3. The van der Waals surface area contributed by atoms with Gasteiger partial charge in [-0.15, -0.1) is 0 Å². The number of carboxylic acids is 1. The molecule has 6 nitrogen and oxygen atoms in total. The number of amidine groups is 1. The molecule has 0 aliphatic carbocycles. The van der Waals surface area contributed by atoms with Crippen molar-refractivity contribution in [2.75, 3.05) is 0 Å². The van der Waals surface area contributed by atoms with Crippen LogP contribution in [0.3, 0.4) is 0 Å². The van der Waals surface area contributed by atoms with E-state index >= 15 is 0 Å². The van der Waals surface area contributed by atoms with E-state index in [2.05, 4.69) is 42.2 Å². The van der Waals surface area contributed by atoms with Gasteiger partial charge in [0.05, 0.1) is 25.7 Å². The fraction of sp³-hybridized carbons (Fsp3) is 0.0417. The first-order valence-electron chi connectivity index (χ1n) is 9.78. The Morgan fingerprint density at radius 2 is 1.91 bits per heavy atom. The maximum Gasteiger partial charge on any atom is 0.337 e. The predicted octanol–water partition coefficient (Wildman–Crippen LogP) is 7.03. The standard InChI is InChI=1S/C24H15Br2ClN2O4S/c25-15-8-14(21(18(26)10-15)33-12-13-4-2-1-3-5-13)9-20-22(30)29-24(34-20)28-16-6-7-19(27)17(11-16)23(31)32/h1-11H,12H2,(H,31,32)(H,28,29,30)/b20-9-. The minimum atomic E-state index is -1.15. The molecule has 1 heterocycles. The number of amides is 1. The third kappa shape index (κ3) is 5.90. The van der Waals surface area contributed by atoms with Gasteiger partial charge in [0, 0.05) is 10.0 Å². The molecule has 0 aromatic heterocycles. The fourth-order valence-corrected chi connectivity index (χ4v) is 5.46.